The number of piperidine rings is 2. The summed E-state index contributed by atoms with van der Waals surface area (Å²) in [5.41, 5.74) is 2.66. The van der Waals surface area contributed by atoms with Crippen LogP contribution in [0.5, 0.6) is 0 Å². The molecule has 2 saturated heterocycles. The van der Waals surface area contributed by atoms with Gasteiger partial charge in [0, 0.05) is 43.9 Å². The van der Waals surface area contributed by atoms with E-state index in [0.29, 0.717) is 23.7 Å². The van der Waals surface area contributed by atoms with E-state index >= 15 is 0 Å². The number of aryl methyl sites for hydroxylation is 1. The molecule has 4 nitrogen and oxygen atoms in total. The van der Waals surface area contributed by atoms with Gasteiger partial charge in [0.15, 0.2) is 0 Å². The van der Waals surface area contributed by atoms with Gasteiger partial charge in [0.25, 0.3) is 0 Å². The van der Waals surface area contributed by atoms with E-state index in [-0.39, 0.29) is 5.92 Å². The Labute approximate surface area is 156 Å². The zero-order valence-corrected chi connectivity index (χ0v) is 15.8. The van der Waals surface area contributed by atoms with Crippen molar-refractivity contribution in [2.45, 2.75) is 51.4 Å². The van der Waals surface area contributed by atoms with Crippen LogP contribution in [-0.4, -0.2) is 47.8 Å². The zero-order valence-electron chi connectivity index (χ0n) is 15.8. The molecule has 1 unspecified atom stereocenters. The Morgan fingerprint density at radius 2 is 1.58 bits per heavy atom. The molecular weight excluding hydrogens is 324 g/mol. The monoisotopic (exact) mass is 354 g/mol. The quantitative estimate of drug-likeness (QED) is 0.835. The molecule has 3 aliphatic rings. The second kappa shape index (κ2) is 7.42. The molecule has 0 N–H and O–H groups in total. The average Bonchev–Trinajstić information content (AvgIpc) is 3.52. The average molecular weight is 354 g/mol. The van der Waals surface area contributed by atoms with E-state index in [0.717, 1.165) is 58.3 Å². The van der Waals surface area contributed by atoms with E-state index in [1.807, 2.05) is 4.90 Å². The first kappa shape index (κ1) is 17.6. The molecule has 1 aromatic carbocycles. The maximum atomic E-state index is 13.0. The summed E-state index contributed by atoms with van der Waals surface area (Å²) in [7, 11) is 0. The summed E-state index contributed by atoms with van der Waals surface area (Å²) in [6.07, 6.45) is 6.05. The van der Waals surface area contributed by atoms with Gasteiger partial charge in [0.05, 0.1) is 0 Å². The van der Waals surface area contributed by atoms with Gasteiger partial charge in [-0.05, 0) is 51.0 Å². The SMILES string of the molecule is Cc1cccc(C2CCCN(C(=O)C3CCN(C(=O)C4CC4)CC3)C2)c1. The fraction of sp³-hybridized carbons (Fsp3) is 0.636. The Bertz CT molecular complexity index is 674. The fourth-order valence-electron chi connectivity index (χ4n) is 4.57. The predicted octanol–water partition coefficient (Wildman–Crippen LogP) is 3.35. The van der Waals surface area contributed by atoms with E-state index in [9.17, 15) is 9.59 Å². The molecular formula is C22H30N2O2. The van der Waals surface area contributed by atoms with Crippen molar-refractivity contribution in [3.8, 4) is 0 Å². The van der Waals surface area contributed by atoms with Crippen molar-refractivity contribution in [1.29, 1.82) is 0 Å². The standard InChI is InChI=1S/C22H30N2O2/c1-16-4-2-5-19(14-16)20-6-3-11-24(15-20)22(26)18-9-12-23(13-10-18)21(25)17-7-8-17/h2,4-5,14,17-18,20H,3,6-13,15H2,1H3. The van der Waals surface area contributed by atoms with Crippen LogP contribution in [0.15, 0.2) is 24.3 Å². The highest BCUT2D eigenvalue weighted by atomic mass is 16.2. The Morgan fingerprint density at radius 1 is 0.885 bits per heavy atom. The van der Waals surface area contributed by atoms with Crippen molar-refractivity contribution in [2.24, 2.45) is 11.8 Å². The third-order valence-electron chi connectivity index (χ3n) is 6.33. The molecule has 26 heavy (non-hydrogen) atoms. The number of likely N-dealkylation sites (tertiary alicyclic amines) is 2. The lowest BCUT2D eigenvalue weighted by molar-refractivity contribution is -0.142. The van der Waals surface area contributed by atoms with Crippen LogP contribution in [0, 0.1) is 18.8 Å². The Morgan fingerprint density at radius 3 is 2.27 bits per heavy atom. The van der Waals surface area contributed by atoms with Gasteiger partial charge in [-0.25, -0.2) is 0 Å². The van der Waals surface area contributed by atoms with Gasteiger partial charge in [-0.2, -0.15) is 0 Å². The maximum Gasteiger partial charge on any atom is 0.225 e. The Hall–Kier alpha value is -1.84. The van der Waals surface area contributed by atoms with Crippen molar-refractivity contribution in [3.63, 3.8) is 0 Å². The van der Waals surface area contributed by atoms with Crippen LogP contribution in [0.25, 0.3) is 0 Å². The summed E-state index contributed by atoms with van der Waals surface area (Å²) < 4.78 is 0. The van der Waals surface area contributed by atoms with Gasteiger partial charge in [-0.3, -0.25) is 9.59 Å². The number of hydrogen-bond donors (Lipinski definition) is 0. The van der Waals surface area contributed by atoms with Crippen molar-refractivity contribution < 1.29 is 9.59 Å². The van der Waals surface area contributed by atoms with Gasteiger partial charge in [-0.1, -0.05) is 29.8 Å². The third-order valence-corrected chi connectivity index (χ3v) is 6.33. The minimum absolute atomic E-state index is 0.106. The molecule has 1 aliphatic carbocycles. The fourth-order valence-corrected chi connectivity index (χ4v) is 4.57. The summed E-state index contributed by atoms with van der Waals surface area (Å²) in [6.45, 7) is 5.40. The number of benzene rings is 1. The minimum Gasteiger partial charge on any atom is -0.342 e. The number of carbonyl (C=O) groups excluding carboxylic acids is 2. The molecule has 4 rings (SSSR count). The number of amides is 2. The maximum absolute atomic E-state index is 13.0. The number of rotatable bonds is 3. The van der Waals surface area contributed by atoms with E-state index < -0.39 is 0 Å². The first-order valence-corrected chi connectivity index (χ1v) is 10.3. The van der Waals surface area contributed by atoms with E-state index in [4.69, 9.17) is 0 Å². The topological polar surface area (TPSA) is 40.6 Å². The van der Waals surface area contributed by atoms with Crippen LogP contribution in [0.2, 0.25) is 0 Å². The van der Waals surface area contributed by atoms with Gasteiger partial charge in [-0.15, -0.1) is 0 Å². The Kier molecular flexibility index (Phi) is 5.01. The van der Waals surface area contributed by atoms with Crippen LogP contribution < -0.4 is 0 Å². The van der Waals surface area contributed by atoms with Crippen molar-refractivity contribution in [2.75, 3.05) is 26.2 Å². The molecule has 0 aromatic heterocycles. The van der Waals surface area contributed by atoms with Gasteiger partial charge < -0.3 is 9.80 Å². The molecule has 3 fully saturated rings. The molecule has 0 radical (unpaired) electrons. The first-order valence-electron chi connectivity index (χ1n) is 10.3. The van der Waals surface area contributed by atoms with Crippen LogP contribution in [-0.2, 0) is 9.59 Å². The van der Waals surface area contributed by atoms with Crippen LogP contribution in [0.3, 0.4) is 0 Å². The predicted molar refractivity (Wildman–Crippen MR) is 102 cm³/mol. The van der Waals surface area contributed by atoms with Crippen LogP contribution in [0.4, 0.5) is 0 Å². The molecule has 4 heteroatoms. The molecule has 2 aliphatic heterocycles. The summed E-state index contributed by atoms with van der Waals surface area (Å²) in [4.78, 5) is 29.3. The van der Waals surface area contributed by atoms with Gasteiger partial charge in [0.2, 0.25) is 11.8 Å². The second-order valence-electron chi connectivity index (χ2n) is 8.41. The van der Waals surface area contributed by atoms with Crippen molar-refractivity contribution >= 4 is 11.8 Å². The summed E-state index contributed by atoms with van der Waals surface area (Å²) >= 11 is 0. The minimum atomic E-state index is 0.106. The number of carbonyl (C=O) groups is 2. The van der Waals surface area contributed by atoms with Crippen molar-refractivity contribution in [3.05, 3.63) is 35.4 Å². The largest absolute Gasteiger partial charge is 0.342 e. The van der Waals surface area contributed by atoms with Gasteiger partial charge in [0.1, 0.15) is 0 Å². The highest BCUT2D eigenvalue weighted by Gasteiger charge is 2.37. The van der Waals surface area contributed by atoms with Crippen LogP contribution in [0.1, 0.15) is 55.6 Å². The zero-order chi connectivity index (χ0) is 18.1. The lowest BCUT2D eigenvalue weighted by atomic mass is 9.88. The third kappa shape index (κ3) is 3.79. The van der Waals surface area contributed by atoms with E-state index in [1.165, 1.54) is 17.5 Å². The molecule has 0 spiro atoms. The lowest BCUT2D eigenvalue weighted by Crippen LogP contribution is -2.47. The highest BCUT2D eigenvalue weighted by molar-refractivity contribution is 5.82. The Balaban J connectivity index is 1.33. The molecule has 2 heterocycles. The number of nitrogens with zero attached hydrogens (tertiary/aromatic N) is 2. The second-order valence-corrected chi connectivity index (χ2v) is 8.41. The first-order chi connectivity index (χ1) is 12.6. The smallest absolute Gasteiger partial charge is 0.225 e. The summed E-state index contributed by atoms with van der Waals surface area (Å²) in [6, 6.07) is 8.72. The molecule has 1 aromatic rings. The molecule has 0 bridgehead atoms. The van der Waals surface area contributed by atoms with Crippen LogP contribution >= 0.6 is 0 Å². The summed E-state index contributed by atoms with van der Waals surface area (Å²) in [5, 5.41) is 0. The lowest BCUT2D eigenvalue weighted by Gasteiger charge is -2.38. The molecule has 2 amide bonds. The van der Waals surface area contributed by atoms with Crippen molar-refractivity contribution in [1.82, 2.24) is 9.80 Å². The normalized spacial score (nSPS) is 24.6. The number of hydrogen-bond acceptors (Lipinski definition) is 2. The molecule has 140 valence electrons. The van der Waals surface area contributed by atoms with E-state index in [1.54, 1.807) is 0 Å². The van der Waals surface area contributed by atoms with E-state index in [2.05, 4.69) is 36.1 Å². The molecule has 1 atom stereocenters. The summed E-state index contributed by atoms with van der Waals surface area (Å²) in [5.74, 6) is 1.51. The molecule has 1 saturated carbocycles. The highest BCUT2D eigenvalue weighted by Crippen LogP contribution is 2.33. The van der Waals surface area contributed by atoms with Gasteiger partial charge >= 0.3 is 0 Å².